The van der Waals surface area contributed by atoms with Crippen LogP contribution < -0.4 is 0 Å². The van der Waals surface area contributed by atoms with E-state index in [1.807, 2.05) is 13.2 Å². The van der Waals surface area contributed by atoms with Gasteiger partial charge in [0.25, 0.3) is 0 Å². The third kappa shape index (κ3) is 3.17. The van der Waals surface area contributed by atoms with E-state index >= 15 is 0 Å². The molecular weight excluding hydrogens is 230 g/mol. The summed E-state index contributed by atoms with van der Waals surface area (Å²) in [4.78, 5) is 14.4. The molecule has 0 spiro atoms. The van der Waals surface area contributed by atoms with E-state index in [9.17, 15) is 4.79 Å². The smallest absolute Gasteiger partial charge is 0.167 e. The predicted molar refractivity (Wildman–Crippen MR) is 68.4 cm³/mol. The van der Waals surface area contributed by atoms with Gasteiger partial charge in [0.05, 0.1) is 12.8 Å². The van der Waals surface area contributed by atoms with Crippen LogP contribution in [0, 0.1) is 0 Å². The fraction of sp³-hybridized carbons (Fsp3) is 0.692. The number of hydrogen-bond acceptors (Lipinski definition) is 4. The van der Waals surface area contributed by atoms with Crippen LogP contribution in [0.1, 0.15) is 19.4 Å². The second kappa shape index (κ2) is 5.63. The summed E-state index contributed by atoms with van der Waals surface area (Å²) in [6.07, 6.45) is 3.73. The molecule has 2 heterocycles. The van der Waals surface area contributed by atoms with Crippen molar-refractivity contribution in [3.8, 4) is 0 Å². The van der Waals surface area contributed by atoms with Crippen molar-refractivity contribution in [1.29, 1.82) is 0 Å². The SMILES string of the molecule is CC(C)N1CCOC(C(=O)Cc2cnn(C)c2)C1. The lowest BCUT2D eigenvalue weighted by molar-refractivity contribution is -0.136. The summed E-state index contributed by atoms with van der Waals surface area (Å²) in [5.41, 5.74) is 0.952. The van der Waals surface area contributed by atoms with Gasteiger partial charge in [-0.25, -0.2) is 0 Å². The van der Waals surface area contributed by atoms with Gasteiger partial charge in [-0.1, -0.05) is 0 Å². The Labute approximate surface area is 108 Å². The maximum absolute atomic E-state index is 12.2. The Morgan fingerprint density at radius 1 is 1.61 bits per heavy atom. The van der Waals surface area contributed by atoms with Crippen LogP contribution in [0.5, 0.6) is 0 Å². The molecule has 18 heavy (non-hydrogen) atoms. The molecule has 0 radical (unpaired) electrons. The molecule has 0 N–H and O–H groups in total. The van der Waals surface area contributed by atoms with E-state index in [1.54, 1.807) is 10.9 Å². The van der Waals surface area contributed by atoms with E-state index in [0.29, 0.717) is 25.6 Å². The van der Waals surface area contributed by atoms with Gasteiger partial charge in [-0.15, -0.1) is 0 Å². The number of ketones is 1. The Balaban J connectivity index is 1.92. The van der Waals surface area contributed by atoms with Crippen LogP contribution in [0.3, 0.4) is 0 Å². The summed E-state index contributed by atoms with van der Waals surface area (Å²) in [7, 11) is 1.85. The fourth-order valence-corrected chi connectivity index (χ4v) is 2.21. The van der Waals surface area contributed by atoms with Crippen LogP contribution in [0.15, 0.2) is 12.4 Å². The molecule has 0 saturated carbocycles. The molecule has 1 aromatic rings. The molecule has 0 amide bonds. The lowest BCUT2D eigenvalue weighted by Gasteiger charge is -2.34. The molecule has 5 heteroatoms. The van der Waals surface area contributed by atoms with Crippen molar-refractivity contribution >= 4 is 5.78 Å². The van der Waals surface area contributed by atoms with Crippen molar-refractivity contribution in [2.75, 3.05) is 19.7 Å². The van der Waals surface area contributed by atoms with E-state index in [1.165, 1.54) is 0 Å². The Bertz CT molecular complexity index is 414. The number of morpholine rings is 1. The van der Waals surface area contributed by atoms with Crippen molar-refractivity contribution in [1.82, 2.24) is 14.7 Å². The van der Waals surface area contributed by atoms with Crippen LogP contribution in [0.2, 0.25) is 0 Å². The van der Waals surface area contributed by atoms with E-state index in [4.69, 9.17) is 4.74 Å². The first kappa shape index (κ1) is 13.2. The number of carbonyl (C=O) groups excluding carboxylic acids is 1. The predicted octanol–water partition coefficient (Wildman–Crippen LogP) is 0.641. The van der Waals surface area contributed by atoms with Crippen LogP contribution >= 0.6 is 0 Å². The standard InChI is InChI=1S/C13H21N3O2/c1-10(2)16-4-5-18-13(9-16)12(17)6-11-7-14-15(3)8-11/h7-8,10,13H,4-6,9H2,1-3H3. The zero-order chi connectivity index (χ0) is 13.1. The topological polar surface area (TPSA) is 47.4 Å². The minimum atomic E-state index is -0.290. The molecule has 0 bridgehead atoms. The van der Waals surface area contributed by atoms with Gasteiger partial charge in [-0.2, -0.15) is 5.10 Å². The minimum absolute atomic E-state index is 0.147. The molecule has 1 fully saturated rings. The van der Waals surface area contributed by atoms with Crippen LogP contribution in [-0.4, -0.2) is 52.3 Å². The van der Waals surface area contributed by atoms with Gasteiger partial charge in [-0.05, 0) is 19.4 Å². The molecule has 5 nitrogen and oxygen atoms in total. The maximum Gasteiger partial charge on any atom is 0.167 e. The summed E-state index contributed by atoms with van der Waals surface area (Å²) in [5, 5.41) is 4.07. The number of Topliss-reactive ketones (excluding diaryl/α,β-unsaturated/α-hetero) is 1. The highest BCUT2D eigenvalue weighted by atomic mass is 16.5. The van der Waals surface area contributed by atoms with Crippen molar-refractivity contribution in [2.45, 2.75) is 32.4 Å². The van der Waals surface area contributed by atoms with Gasteiger partial charge in [0.1, 0.15) is 6.10 Å². The molecule has 1 unspecified atom stereocenters. The summed E-state index contributed by atoms with van der Waals surface area (Å²) < 4.78 is 7.29. The van der Waals surface area contributed by atoms with E-state index in [2.05, 4.69) is 23.8 Å². The third-order valence-corrected chi connectivity index (χ3v) is 3.32. The largest absolute Gasteiger partial charge is 0.368 e. The number of carbonyl (C=O) groups is 1. The first-order valence-corrected chi connectivity index (χ1v) is 6.42. The second-order valence-corrected chi connectivity index (χ2v) is 5.11. The number of aryl methyl sites for hydroxylation is 1. The monoisotopic (exact) mass is 251 g/mol. The van der Waals surface area contributed by atoms with Gasteiger partial charge in [-0.3, -0.25) is 14.4 Å². The summed E-state index contributed by atoms with van der Waals surface area (Å²) in [5.74, 6) is 0.147. The summed E-state index contributed by atoms with van der Waals surface area (Å²) in [6, 6.07) is 0.461. The highest BCUT2D eigenvalue weighted by Crippen LogP contribution is 2.11. The minimum Gasteiger partial charge on any atom is -0.368 e. The first-order valence-electron chi connectivity index (χ1n) is 6.42. The Morgan fingerprint density at radius 3 is 3.00 bits per heavy atom. The lowest BCUT2D eigenvalue weighted by atomic mass is 10.1. The molecule has 2 rings (SSSR count). The third-order valence-electron chi connectivity index (χ3n) is 3.32. The van der Waals surface area contributed by atoms with Gasteiger partial charge in [0.2, 0.25) is 0 Å². The molecule has 100 valence electrons. The van der Waals surface area contributed by atoms with Crippen molar-refractivity contribution < 1.29 is 9.53 Å². The van der Waals surface area contributed by atoms with Gasteiger partial charge in [0.15, 0.2) is 5.78 Å². The normalized spacial score (nSPS) is 21.4. The lowest BCUT2D eigenvalue weighted by Crippen LogP contribution is -2.49. The zero-order valence-electron chi connectivity index (χ0n) is 11.3. The first-order chi connectivity index (χ1) is 8.56. The van der Waals surface area contributed by atoms with E-state index in [-0.39, 0.29) is 11.9 Å². The van der Waals surface area contributed by atoms with Crippen LogP contribution in [-0.2, 0) is 23.0 Å². The molecule has 1 saturated heterocycles. The van der Waals surface area contributed by atoms with Gasteiger partial charge in [0, 0.05) is 38.8 Å². The maximum atomic E-state index is 12.2. The molecular formula is C13H21N3O2. The van der Waals surface area contributed by atoms with Gasteiger partial charge >= 0.3 is 0 Å². The Hall–Kier alpha value is -1.20. The van der Waals surface area contributed by atoms with Gasteiger partial charge < -0.3 is 4.74 Å². The Morgan fingerprint density at radius 2 is 2.39 bits per heavy atom. The number of aromatic nitrogens is 2. The Kier molecular flexibility index (Phi) is 4.14. The summed E-state index contributed by atoms with van der Waals surface area (Å²) in [6.45, 7) is 6.55. The molecule has 1 aliphatic heterocycles. The average Bonchev–Trinajstić information content (AvgIpc) is 2.75. The van der Waals surface area contributed by atoms with Crippen LogP contribution in [0.25, 0.3) is 0 Å². The molecule has 1 atom stereocenters. The van der Waals surface area contributed by atoms with Crippen molar-refractivity contribution in [3.63, 3.8) is 0 Å². The van der Waals surface area contributed by atoms with E-state index in [0.717, 1.165) is 12.1 Å². The highest BCUT2D eigenvalue weighted by molar-refractivity contribution is 5.85. The zero-order valence-corrected chi connectivity index (χ0v) is 11.3. The number of ether oxygens (including phenoxy) is 1. The average molecular weight is 251 g/mol. The van der Waals surface area contributed by atoms with E-state index < -0.39 is 0 Å². The molecule has 1 aromatic heterocycles. The highest BCUT2D eigenvalue weighted by Gasteiger charge is 2.27. The number of hydrogen-bond donors (Lipinski definition) is 0. The molecule has 1 aliphatic rings. The molecule has 0 aliphatic carbocycles. The van der Waals surface area contributed by atoms with Crippen LogP contribution in [0.4, 0.5) is 0 Å². The number of nitrogens with zero attached hydrogens (tertiary/aromatic N) is 3. The summed E-state index contributed by atoms with van der Waals surface area (Å²) >= 11 is 0. The number of rotatable bonds is 4. The van der Waals surface area contributed by atoms with Crippen molar-refractivity contribution in [2.24, 2.45) is 7.05 Å². The fourth-order valence-electron chi connectivity index (χ4n) is 2.21. The quantitative estimate of drug-likeness (QED) is 0.788. The molecule has 0 aromatic carbocycles. The second-order valence-electron chi connectivity index (χ2n) is 5.11. The van der Waals surface area contributed by atoms with Crippen molar-refractivity contribution in [3.05, 3.63) is 18.0 Å².